The van der Waals surface area contributed by atoms with Crippen LogP contribution >= 0.6 is 0 Å². The quantitative estimate of drug-likeness (QED) is 0.472. The van der Waals surface area contributed by atoms with Crippen molar-refractivity contribution in [2.45, 2.75) is 39.3 Å². The van der Waals surface area contributed by atoms with Crippen LogP contribution in [0.25, 0.3) is 0 Å². The van der Waals surface area contributed by atoms with E-state index < -0.39 is 0 Å². The Hall–Kier alpha value is -0.890. The summed E-state index contributed by atoms with van der Waals surface area (Å²) in [6, 6.07) is 1.02. The minimum absolute atomic E-state index is 0.493. The van der Waals surface area contributed by atoms with Gasteiger partial charge in [0, 0.05) is 57.9 Å². The molecule has 2 unspecified atom stereocenters. The first-order chi connectivity index (χ1) is 13.0. The predicted octanol–water partition coefficient (Wildman–Crippen LogP) is 0.534. The Morgan fingerprint density at radius 1 is 1.11 bits per heavy atom. The summed E-state index contributed by atoms with van der Waals surface area (Å²) in [5.41, 5.74) is 0. The Labute approximate surface area is 166 Å². The first kappa shape index (κ1) is 22.4. The minimum atomic E-state index is 0.493. The molecule has 0 bridgehead atoms. The average molecular weight is 383 g/mol. The van der Waals surface area contributed by atoms with Gasteiger partial charge in [-0.3, -0.25) is 14.8 Å². The van der Waals surface area contributed by atoms with Crippen LogP contribution in [0.3, 0.4) is 0 Å². The number of nitrogens with one attached hydrogen (secondary N) is 2. The minimum Gasteiger partial charge on any atom is -0.379 e. The van der Waals surface area contributed by atoms with Gasteiger partial charge in [-0.2, -0.15) is 0 Å². The molecule has 0 spiro atoms. The van der Waals surface area contributed by atoms with Crippen LogP contribution in [0.2, 0.25) is 0 Å². The van der Waals surface area contributed by atoms with Crippen molar-refractivity contribution in [3.05, 3.63) is 0 Å². The topological polar surface area (TPSA) is 55.4 Å². The van der Waals surface area contributed by atoms with E-state index in [2.05, 4.69) is 60.2 Å². The molecule has 7 heteroatoms. The summed E-state index contributed by atoms with van der Waals surface area (Å²) in [6.07, 6.45) is 1.18. The van der Waals surface area contributed by atoms with Crippen molar-refractivity contribution in [1.29, 1.82) is 0 Å². The zero-order valence-electron chi connectivity index (χ0n) is 18.2. The van der Waals surface area contributed by atoms with Crippen molar-refractivity contribution in [1.82, 2.24) is 25.3 Å². The zero-order valence-corrected chi connectivity index (χ0v) is 18.2. The lowest BCUT2D eigenvalue weighted by Crippen LogP contribution is -2.55. The first-order valence-electron chi connectivity index (χ1n) is 10.7. The Bertz CT molecular complexity index is 438. The molecule has 2 aliphatic heterocycles. The van der Waals surface area contributed by atoms with Crippen LogP contribution in [0, 0.1) is 5.92 Å². The lowest BCUT2D eigenvalue weighted by molar-refractivity contribution is 0.0143. The monoisotopic (exact) mass is 382 g/mol. The Morgan fingerprint density at radius 2 is 1.85 bits per heavy atom. The van der Waals surface area contributed by atoms with Gasteiger partial charge in [-0.25, -0.2) is 0 Å². The molecule has 158 valence electrons. The molecular weight excluding hydrogens is 340 g/mol. The summed E-state index contributed by atoms with van der Waals surface area (Å²) in [5, 5.41) is 7.00. The number of hydrogen-bond donors (Lipinski definition) is 2. The summed E-state index contributed by atoms with van der Waals surface area (Å²) >= 11 is 0. The van der Waals surface area contributed by atoms with Crippen LogP contribution in [0.15, 0.2) is 4.99 Å². The summed E-state index contributed by atoms with van der Waals surface area (Å²) < 4.78 is 5.53. The van der Waals surface area contributed by atoms with Crippen LogP contribution in [-0.2, 0) is 4.74 Å². The molecule has 0 amide bonds. The molecule has 0 saturated carbocycles. The number of aliphatic imine (C=N–C) groups is 1. The third-order valence-electron chi connectivity index (χ3n) is 5.60. The molecule has 0 aliphatic carbocycles. The van der Waals surface area contributed by atoms with Crippen molar-refractivity contribution in [3.63, 3.8) is 0 Å². The average Bonchev–Trinajstić information content (AvgIpc) is 2.65. The van der Waals surface area contributed by atoms with Crippen molar-refractivity contribution in [2.24, 2.45) is 10.9 Å². The van der Waals surface area contributed by atoms with Gasteiger partial charge in [-0.05, 0) is 33.4 Å². The SMILES string of the molecule is CCNC(=NCC(CC(C)C)N1CCOCC1)NCC1CN(C)CCN1C. The van der Waals surface area contributed by atoms with E-state index in [4.69, 9.17) is 9.73 Å². The second kappa shape index (κ2) is 11.8. The van der Waals surface area contributed by atoms with Gasteiger partial charge in [-0.15, -0.1) is 0 Å². The van der Waals surface area contributed by atoms with Crippen molar-refractivity contribution in [3.8, 4) is 0 Å². The third kappa shape index (κ3) is 7.94. The highest BCUT2D eigenvalue weighted by Crippen LogP contribution is 2.14. The lowest BCUT2D eigenvalue weighted by atomic mass is 10.0. The normalized spacial score (nSPS) is 25.0. The van der Waals surface area contributed by atoms with Gasteiger partial charge in [0.15, 0.2) is 5.96 Å². The molecule has 2 atom stereocenters. The van der Waals surface area contributed by atoms with Crippen LogP contribution in [0.1, 0.15) is 27.2 Å². The number of morpholine rings is 1. The van der Waals surface area contributed by atoms with E-state index in [1.54, 1.807) is 0 Å². The van der Waals surface area contributed by atoms with Crippen molar-refractivity contribution >= 4 is 5.96 Å². The number of guanidine groups is 1. The summed E-state index contributed by atoms with van der Waals surface area (Å²) in [4.78, 5) is 12.4. The summed E-state index contributed by atoms with van der Waals surface area (Å²) in [7, 11) is 4.43. The second-order valence-electron chi connectivity index (χ2n) is 8.43. The van der Waals surface area contributed by atoms with Crippen molar-refractivity contribution < 1.29 is 4.74 Å². The fraction of sp³-hybridized carbons (Fsp3) is 0.950. The Morgan fingerprint density at radius 3 is 2.52 bits per heavy atom. The predicted molar refractivity (Wildman–Crippen MR) is 114 cm³/mol. The maximum atomic E-state index is 5.53. The number of nitrogens with zero attached hydrogens (tertiary/aromatic N) is 4. The number of piperazine rings is 1. The van der Waals surface area contributed by atoms with Crippen LogP contribution in [-0.4, -0.2) is 112 Å². The van der Waals surface area contributed by atoms with E-state index in [-0.39, 0.29) is 0 Å². The molecule has 2 heterocycles. The molecule has 0 aromatic rings. The van der Waals surface area contributed by atoms with Gasteiger partial charge in [0.05, 0.1) is 19.8 Å². The van der Waals surface area contributed by atoms with Gasteiger partial charge in [0.1, 0.15) is 0 Å². The molecule has 2 fully saturated rings. The Kier molecular flexibility index (Phi) is 9.82. The Balaban J connectivity index is 1.92. The number of hydrogen-bond acceptors (Lipinski definition) is 5. The number of rotatable bonds is 8. The first-order valence-corrected chi connectivity index (χ1v) is 10.7. The third-order valence-corrected chi connectivity index (χ3v) is 5.60. The molecule has 7 nitrogen and oxygen atoms in total. The van der Waals surface area contributed by atoms with E-state index in [0.717, 1.165) is 71.5 Å². The van der Waals surface area contributed by atoms with E-state index in [1.165, 1.54) is 6.42 Å². The highest BCUT2D eigenvalue weighted by atomic mass is 16.5. The summed E-state index contributed by atoms with van der Waals surface area (Å²) in [5.74, 6) is 1.62. The van der Waals surface area contributed by atoms with E-state index in [9.17, 15) is 0 Å². The van der Waals surface area contributed by atoms with E-state index in [0.29, 0.717) is 18.0 Å². The zero-order chi connectivity index (χ0) is 19.6. The highest BCUT2D eigenvalue weighted by Gasteiger charge is 2.23. The lowest BCUT2D eigenvalue weighted by Gasteiger charge is -2.38. The molecule has 0 aromatic carbocycles. The van der Waals surface area contributed by atoms with Gasteiger partial charge in [0.25, 0.3) is 0 Å². The number of ether oxygens (including phenoxy) is 1. The number of likely N-dealkylation sites (N-methyl/N-ethyl adjacent to an activating group) is 2. The fourth-order valence-corrected chi connectivity index (χ4v) is 3.90. The molecule has 2 N–H and O–H groups in total. The molecule has 27 heavy (non-hydrogen) atoms. The van der Waals surface area contributed by atoms with E-state index >= 15 is 0 Å². The van der Waals surface area contributed by atoms with Gasteiger partial charge in [-0.1, -0.05) is 13.8 Å². The molecule has 2 saturated heterocycles. The highest BCUT2D eigenvalue weighted by molar-refractivity contribution is 5.79. The standard InChI is InChI=1S/C20H42N6O/c1-6-21-20(23-15-19-16-24(4)7-8-25(19)5)22-14-18(13-17(2)3)26-9-11-27-12-10-26/h17-19H,6-16H2,1-5H3,(H2,21,22,23). The molecular formula is C20H42N6O. The maximum Gasteiger partial charge on any atom is 0.191 e. The second-order valence-corrected chi connectivity index (χ2v) is 8.43. The smallest absolute Gasteiger partial charge is 0.191 e. The molecule has 2 rings (SSSR count). The van der Waals surface area contributed by atoms with Gasteiger partial charge in [0.2, 0.25) is 0 Å². The van der Waals surface area contributed by atoms with Crippen LogP contribution < -0.4 is 10.6 Å². The van der Waals surface area contributed by atoms with Crippen LogP contribution in [0.5, 0.6) is 0 Å². The molecule has 0 aromatic heterocycles. The van der Waals surface area contributed by atoms with Crippen molar-refractivity contribution in [2.75, 3.05) is 79.7 Å². The fourth-order valence-electron chi connectivity index (χ4n) is 3.90. The maximum absolute atomic E-state index is 5.53. The van der Waals surface area contributed by atoms with E-state index in [1.807, 2.05) is 0 Å². The van der Waals surface area contributed by atoms with Gasteiger partial charge < -0.3 is 20.3 Å². The summed E-state index contributed by atoms with van der Waals surface area (Å²) in [6.45, 7) is 16.5. The largest absolute Gasteiger partial charge is 0.379 e. The van der Waals surface area contributed by atoms with Gasteiger partial charge >= 0.3 is 0 Å². The van der Waals surface area contributed by atoms with Crippen LogP contribution in [0.4, 0.5) is 0 Å². The molecule has 0 radical (unpaired) electrons. The molecule has 2 aliphatic rings.